The van der Waals surface area contributed by atoms with Gasteiger partial charge in [-0.05, 0) is 51.8 Å². The number of benzene rings is 1. The van der Waals surface area contributed by atoms with Gasteiger partial charge in [0, 0.05) is 6.08 Å². The minimum atomic E-state index is -0.670. The van der Waals surface area contributed by atoms with Gasteiger partial charge in [0.1, 0.15) is 5.76 Å². The molecule has 0 fully saturated rings. The summed E-state index contributed by atoms with van der Waals surface area (Å²) in [5.41, 5.74) is 0.612. The van der Waals surface area contributed by atoms with E-state index in [0.717, 1.165) is 0 Å². The molecule has 0 saturated heterocycles. The number of hydrogen-bond donors (Lipinski definition) is 2. The van der Waals surface area contributed by atoms with E-state index in [9.17, 15) is 14.7 Å². The number of amides is 1. The summed E-state index contributed by atoms with van der Waals surface area (Å²) < 4.78 is 15.4. The molecule has 0 spiro atoms. The van der Waals surface area contributed by atoms with Crippen LogP contribution in [0.25, 0.3) is 6.08 Å². The summed E-state index contributed by atoms with van der Waals surface area (Å²) in [7, 11) is 1.42. The average Bonchev–Trinajstić information content (AvgIpc) is 3.12. The Morgan fingerprint density at radius 3 is 2.88 bits per heavy atom. The lowest BCUT2D eigenvalue weighted by molar-refractivity contribution is -0.143. The van der Waals surface area contributed by atoms with Crippen LogP contribution in [0.15, 0.2) is 45.5 Å². The summed E-state index contributed by atoms with van der Waals surface area (Å²) in [6.45, 7) is -0.174. The third-order valence-electron chi connectivity index (χ3n) is 3.07. The standard InChI is InChI=1S/C17H16BrNO6/c1-23-14-8-11(7-13(18)17(14)22)4-5-16(21)25-10-15(20)19-9-12-3-2-6-24-12/h2-8,22H,9-10H2,1H3,(H,19,20)/b5-4+. The van der Waals surface area contributed by atoms with Crippen molar-refractivity contribution in [2.45, 2.75) is 6.54 Å². The van der Waals surface area contributed by atoms with Crippen molar-refractivity contribution < 1.29 is 28.6 Å². The van der Waals surface area contributed by atoms with Gasteiger partial charge in [-0.15, -0.1) is 0 Å². The first-order valence-corrected chi connectivity index (χ1v) is 7.99. The molecule has 8 heteroatoms. The topological polar surface area (TPSA) is 98.0 Å². The number of ether oxygens (including phenoxy) is 2. The number of phenols is 1. The highest BCUT2D eigenvalue weighted by molar-refractivity contribution is 9.10. The van der Waals surface area contributed by atoms with Crippen molar-refractivity contribution in [2.75, 3.05) is 13.7 Å². The Morgan fingerprint density at radius 1 is 1.40 bits per heavy atom. The van der Waals surface area contributed by atoms with Gasteiger partial charge in [0.2, 0.25) is 0 Å². The summed E-state index contributed by atoms with van der Waals surface area (Å²) in [6, 6.07) is 6.60. The molecule has 25 heavy (non-hydrogen) atoms. The minimum absolute atomic E-state index is 0.0320. The van der Waals surface area contributed by atoms with E-state index in [1.807, 2.05) is 0 Å². The van der Waals surface area contributed by atoms with Crippen molar-refractivity contribution in [3.05, 3.63) is 52.4 Å². The van der Waals surface area contributed by atoms with Crippen LogP contribution in [0.5, 0.6) is 11.5 Å². The van der Waals surface area contributed by atoms with Crippen LogP contribution in [0.3, 0.4) is 0 Å². The number of methoxy groups -OCH3 is 1. The van der Waals surface area contributed by atoms with E-state index < -0.39 is 18.5 Å². The Kier molecular flexibility index (Phi) is 6.64. The molecule has 2 N–H and O–H groups in total. The molecule has 0 saturated carbocycles. The van der Waals surface area contributed by atoms with E-state index in [4.69, 9.17) is 13.9 Å². The fourth-order valence-corrected chi connectivity index (χ4v) is 2.30. The molecule has 0 aliphatic rings. The van der Waals surface area contributed by atoms with E-state index in [1.54, 1.807) is 24.3 Å². The zero-order chi connectivity index (χ0) is 18.2. The van der Waals surface area contributed by atoms with Crippen LogP contribution >= 0.6 is 15.9 Å². The van der Waals surface area contributed by atoms with Crippen LogP contribution in [-0.2, 0) is 20.9 Å². The maximum atomic E-state index is 11.7. The van der Waals surface area contributed by atoms with Gasteiger partial charge in [0.15, 0.2) is 18.1 Å². The number of hydrogen-bond acceptors (Lipinski definition) is 6. The number of halogens is 1. The van der Waals surface area contributed by atoms with Crippen LogP contribution in [0.4, 0.5) is 0 Å². The Hall–Kier alpha value is -2.74. The number of carbonyl (C=O) groups is 2. The molecule has 0 aliphatic carbocycles. The molecule has 0 atom stereocenters. The molecular formula is C17H16BrNO6. The molecule has 1 amide bonds. The van der Waals surface area contributed by atoms with Crippen molar-refractivity contribution in [2.24, 2.45) is 0 Å². The van der Waals surface area contributed by atoms with Crippen molar-refractivity contribution in [3.8, 4) is 11.5 Å². The van der Waals surface area contributed by atoms with Crippen molar-refractivity contribution >= 4 is 33.9 Å². The lowest BCUT2D eigenvalue weighted by Crippen LogP contribution is -2.27. The second-order valence-corrected chi connectivity index (χ2v) is 5.71. The number of rotatable bonds is 7. The Balaban J connectivity index is 1.82. The molecule has 1 aromatic carbocycles. The first kappa shape index (κ1) is 18.6. The number of furan rings is 1. The lowest BCUT2D eigenvalue weighted by Gasteiger charge is -2.06. The van der Waals surface area contributed by atoms with E-state index in [0.29, 0.717) is 15.8 Å². The molecule has 1 aromatic heterocycles. The van der Waals surface area contributed by atoms with Gasteiger partial charge in [-0.2, -0.15) is 0 Å². The van der Waals surface area contributed by atoms with Gasteiger partial charge in [-0.25, -0.2) is 4.79 Å². The number of nitrogens with one attached hydrogen (secondary N) is 1. The summed E-state index contributed by atoms with van der Waals surface area (Å²) in [5.74, 6) is -0.273. The van der Waals surface area contributed by atoms with Gasteiger partial charge < -0.3 is 24.3 Å². The molecule has 2 rings (SSSR count). The molecule has 132 valence electrons. The van der Waals surface area contributed by atoms with E-state index in [1.165, 1.54) is 25.5 Å². The number of esters is 1. The first-order valence-electron chi connectivity index (χ1n) is 7.20. The number of carbonyl (C=O) groups excluding carboxylic acids is 2. The highest BCUT2D eigenvalue weighted by Gasteiger charge is 2.08. The highest BCUT2D eigenvalue weighted by atomic mass is 79.9. The van der Waals surface area contributed by atoms with Crippen LogP contribution in [0.2, 0.25) is 0 Å². The van der Waals surface area contributed by atoms with Gasteiger partial charge in [0.05, 0.1) is 24.4 Å². The monoisotopic (exact) mass is 409 g/mol. The third kappa shape index (κ3) is 5.68. The molecule has 2 aromatic rings. The predicted molar refractivity (Wildman–Crippen MR) is 92.9 cm³/mol. The first-order chi connectivity index (χ1) is 12.0. The van der Waals surface area contributed by atoms with E-state index in [2.05, 4.69) is 21.2 Å². The summed E-state index contributed by atoms with van der Waals surface area (Å²) in [4.78, 5) is 23.2. The molecule has 0 unspecified atom stereocenters. The summed E-state index contributed by atoms with van der Waals surface area (Å²) in [5, 5.41) is 12.3. The van der Waals surface area contributed by atoms with Gasteiger partial charge >= 0.3 is 5.97 Å². The van der Waals surface area contributed by atoms with Crippen molar-refractivity contribution in [1.29, 1.82) is 0 Å². The van der Waals surface area contributed by atoms with Crippen molar-refractivity contribution in [1.82, 2.24) is 5.32 Å². The van der Waals surface area contributed by atoms with Gasteiger partial charge in [-0.3, -0.25) is 4.79 Å². The van der Waals surface area contributed by atoms with E-state index in [-0.39, 0.29) is 18.0 Å². The zero-order valence-electron chi connectivity index (χ0n) is 13.3. The second-order valence-electron chi connectivity index (χ2n) is 4.85. The van der Waals surface area contributed by atoms with Gasteiger partial charge in [0.25, 0.3) is 5.91 Å². The molecule has 0 aliphatic heterocycles. The quantitative estimate of drug-likeness (QED) is 0.538. The maximum absolute atomic E-state index is 11.7. The Morgan fingerprint density at radius 2 is 2.20 bits per heavy atom. The highest BCUT2D eigenvalue weighted by Crippen LogP contribution is 2.35. The number of aromatic hydroxyl groups is 1. The SMILES string of the molecule is COc1cc(/C=C/C(=O)OCC(=O)NCc2ccco2)cc(Br)c1O. The maximum Gasteiger partial charge on any atom is 0.331 e. The molecule has 0 radical (unpaired) electrons. The van der Waals surface area contributed by atoms with E-state index >= 15 is 0 Å². The molecule has 0 bridgehead atoms. The smallest absolute Gasteiger partial charge is 0.331 e. The Labute approximate surface area is 152 Å². The van der Waals surface area contributed by atoms with Crippen molar-refractivity contribution in [3.63, 3.8) is 0 Å². The zero-order valence-corrected chi connectivity index (χ0v) is 14.9. The van der Waals surface area contributed by atoms with Crippen LogP contribution in [0.1, 0.15) is 11.3 Å². The van der Waals surface area contributed by atoms with Crippen LogP contribution in [-0.4, -0.2) is 30.7 Å². The molecular weight excluding hydrogens is 394 g/mol. The molecule has 7 nitrogen and oxygen atoms in total. The fourth-order valence-electron chi connectivity index (χ4n) is 1.84. The average molecular weight is 410 g/mol. The second kappa shape index (κ2) is 8.93. The Bertz CT molecular complexity index is 770. The van der Waals surface area contributed by atoms with Gasteiger partial charge in [-0.1, -0.05) is 0 Å². The molecule has 1 heterocycles. The fraction of sp³-hybridized carbons (Fsp3) is 0.176. The number of phenolic OH excluding ortho intramolecular Hbond substituents is 1. The lowest BCUT2D eigenvalue weighted by atomic mass is 10.2. The van der Waals surface area contributed by atoms with Crippen LogP contribution in [0, 0.1) is 0 Å². The normalized spacial score (nSPS) is 10.6. The summed E-state index contributed by atoms with van der Waals surface area (Å²) >= 11 is 3.19. The van der Waals surface area contributed by atoms with Crippen LogP contribution < -0.4 is 10.1 Å². The third-order valence-corrected chi connectivity index (χ3v) is 3.67. The largest absolute Gasteiger partial charge is 0.503 e. The predicted octanol–water partition coefficient (Wildman–Crippen LogP) is 2.63. The minimum Gasteiger partial charge on any atom is -0.503 e. The summed E-state index contributed by atoms with van der Waals surface area (Å²) in [6.07, 6.45) is 4.16.